The fourth-order valence-corrected chi connectivity index (χ4v) is 1.59. The maximum Gasteiger partial charge on any atom is 0.128 e. The first-order chi connectivity index (χ1) is 7.27. The molecule has 2 rings (SSSR count). The van der Waals surface area contributed by atoms with E-state index in [0.29, 0.717) is 0 Å². The SMILES string of the molecule is CCC.Cc1ccc(N2CCCC2)nc1. The molecule has 0 saturated carbocycles. The summed E-state index contributed by atoms with van der Waals surface area (Å²) in [5.74, 6) is 1.14. The number of hydrogen-bond donors (Lipinski definition) is 0. The predicted molar refractivity (Wildman–Crippen MR) is 66.4 cm³/mol. The van der Waals surface area contributed by atoms with Crippen LogP contribution in [0.5, 0.6) is 0 Å². The Morgan fingerprint density at radius 3 is 2.27 bits per heavy atom. The molecule has 1 aromatic heterocycles. The summed E-state index contributed by atoms with van der Waals surface area (Å²) >= 11 is 0. The molecule has 2 nitrogen and oxygen atoms in total. The lowest BCUT2D eigenvalue weighted by Crippen LogP contribution is -2.18. The molecule has 1 aliphatic rings. The number of anilines is 1. The van der Waals surface area contributed by atoms with Gasteiger partial charge in [0.15, 0.2) is 0 Å². The molecular formula is C13H22N2. The number of aryl methyl sites for hydroxylation is 1. The summed E-state index contributed by atoms with van der Waals surface area (Å²) in [6, 6.07) is 4.24. The molecule has 1 saturated heterocycles. The fourth-order valence-electron chi connectivity index (χ4n) is 1.59. The van der Waals surface area contributed by atoms with Gasteiger partial charge in [0.25, 0.3) is 0 Å². The molecule has 1 aliphatic heterocycles. The van der Waals surface area contributed by atoms with Crippen molar-refractivity contribution < 1.29 is 0 Å². The van der Waals surface area contributed by atoms with Crippen molar-refractivity contribution in [3.63, 3.8) is 0 Å². The molecule has 2 heterocycles. The molecule has 0 amide bonds. The fraction of sp³-hybridized carbons (Fsp3) is 0.615. The monoisotopic (exact) mass is 206 g/mol. The number of rotatable bonds is 1. The van der Waals surface area contributed by atoms with Gasteiger partial charge in [-0.25, -0.2) is 4.98 Å². The molecular weight excluding hydrogens is 184 g/mol. The Bertz CT molecular complexity index is 260. The summed E-state index contributed by atoms with van der Waals surface area (Å²) in [6.45, 7) is 8.67. The molecule has 2 heteroatoms. The Labute approximate surface area is 93.3 Å². The Kier molecular flexibility index (Phi) is 5.16. The molecule has 84 valence electrons. The summed E-state index contributed by atoms with van der Waals surface area (Å²) in [5, 5.41) is 0. The number of aromatic nitrogens is 1. The highest BCUT2D eigenvalue weighted by molar-refractivity contribution is 5.39. The third-order valence-corrected chi connectivity index (χ3v) is 2.33. The first-order valence-electron chi connectivity index (χ1n) is 5.95. The second-order valence-corrected chi connectivity index (χ2v) is 4.10. The average Bonchev–Trinajstić information content (AvgIpc) is 2.73. The van der Waals surface area contributed by atoms with Crippen LogP contribution in [0.1, 0.15) is 38.7 Å². The average molecular weight is 206 g/mol. The van der Waals surface area contributed by atoms with Crippen molar-refractivity contribution in [3.8, 4) is 0 Å². The van der Waals surface area contributed by atoms with Crippen LogP contribution in [-0.4, -0.2) is 18.1 Å². The third-order valence-electron chi connectivity index (χ3n) is 2.33. The Hall–Kier alpha value is -1.05. The molecule has 1 aromatic rings. The van der Waals surface area contributed by atoms with Crippen LogP contribution in [0.3, 0.4) is 0 Å². The number of hydrogen-bond acceptors (Lipinski definition) is 2. The van der Waals surface area contributed by atoms with Crippen LogP contribution < -0.4 is 4.90 Å². The van der Waals surface area contributed by atoms with Crippen molar-refractivity contribution in [2.24, 2.45) is 0 Å². The minimum atomic E-state index is 1.14. The van der Waals surface area contributed by atoms with Gasteiger partial charge in [-0.15, -0.1) is 0 Å². The first-order valence-corrected chi connectivity index (χ1v) is 5.95. The Balaban J connectivity index is 0.000000337. The zero-order chi connectivity index (χ0) is 11.1. The van der Waals surface area contributed by atoms with Gasteiger partial charge >= 0.3 is 0 Å². The van der Waals surface area contributed by atoms with Gasteiger partial charge in [0.1, 0.15) is 5.82 Å². The van der Waals surface area contributed by atoms with E-state index in [1.165, 1.54) is 37.9 Å². The van der Waals surface area contributed by atoms with Gasteiger partial charge in [-0.1, -0.05) is 26.3 Å². The van der Waals surface area contributed by atoms with Crippen LogP contribution in [0.15, 0.2) is 18.3 Å². The van der Waals surface area contributed by atoms with Gasteiger partial charge in [0.05, 0.1) is 0 Å². The maximum absolute atomic E-state index is 4.39. The van der Waals surface area contributed by atoms with Crippen molar-refractivity contribution >= 4 is 5.82 Å². The van der Waals surface area contributed by atoms with E-state index in [1.54, 1.807) is 0 Å². The number of pyridine rings is 1. The molecule has 0 atom stereocenters. The summed E-state index contributed by atoms with van der Waals surface area (Å²) in [6.07, 6.45) is 5.82. The summed E-state index contributed by atoms with van der Waals surface area (Å²) in [7, 11) is 0. The molecule has 1 fully saturated rings. The zero-order valence-corrected chi connectivity index (χ0v) is 10.2. The topological polar surface area (TPSA) is 16.1 Å². The van der Waals surface area contributed by atoms with Gasteiger partial charge < -0.3 is 4.90 Å². The molecule has 0 aliphatic carbocycles. The van der Waals surface area contributed by atoms with Crippen LogP contribution in [0, 0.1) is 6.92 Å². The molecule has 0 bridgehead atoms. The molecule has 0 N–H and O–H groups in total. The highest BCUT2D eigenvalue weighted by Gasteiger charge is 2.12. The van der Waals surface area contributed by atoms with Gasteiger partial charge in [-0.3, -0.25) is 0 Å². The summed E-state index contributed by atoms with van der Waals surface area (Å²) in [4.78, 5) is 6.73. The quantitative estimate of drug-likeness (QED) is 0.700. The van der Waals surface area contributed by atoms with Crippen molar-refractivity contribution in [2.75, 3.05) is 18.0 Å². The van der Waals surface area contributed by atoms with E-state index < -0.39 is 0 Å². The molecule has 0 aromatic carbocycles. The minimum absolute atomic E-state index is 1.14. The van der Waals surface area contributed by atoms with Crippen molar-refractivity contribution in [1.82, 2.24) is 4.98 Å². The van der Waals surface area contributed by atoms with Gasteiger partial charge in [-0.2, -0.15) is 0 Å². The van der Waals surface area contributed by atoms with Gasteiger partial charge in [-0.05, 0) is 31.4 Å². The molecule has 0 radical (unpaired) electrons. The van der Waals surface area contributed by atoms with E-state index in [1.807, 2.05) is 6.20 Å². The van der Waals surface area contributed by atoms with Crippen LogP contribution in [-0.2, 0) is 0 Å². The third kappa shape index (κ3) is 3.90. The highest BCUT2D eigenvalue weighted by Crippen LogP contribution is 2.16. The second-order valence-electron chi connectivity index (χ2n) is 4.10. The standard InChI is InChI=1S/C10H14N2.C3H8/c1-9-4-5-10(11-8-9)12-6-2-3-7-12;1-3-2/h4-5,8H,2-3,6-7H2,1H3;3H2,1-2H3. The van der Waals surface area contributed by atoms with Crippen LogP contribution in [0.2, 0.25) is 0 Å². The number of nitrogens with zero attached hydrogens (tertiary/aromatic N) is 2. The Morgan fingerprint density at radius 2 is 1.80 bits per heavy atom. The minimum Gasteiger partial charge on any atom is -0.357 e. The van der Waals surface area contributed by atoms with Crippen LogP contribution in [0.4, 0.5) is 5.82 Å². The normalized spacial score (nSPS) is 14.7. The highest BCUT2D eigenvalue weighted by atomic mass is 15.2. The van der Waals surface area contributed by atoms with Gasteiger partial charge in [0, 0.05) is 19.3 Å². The van der Waals surface area contributed by atoms with Crippen molar-refractivity contribution in [3.05, 3.63) is 23.9 Å². The lowest BCUT2D eigenvalue weighted by molar-refractivity contribution is 0.935. The predicted octanol–water partition coefficient (Wildman–Crippen LogP) is 3.41. The maximum atomic E-state index is 4.39. The van der Waals surface area contributed by atoms with Crippen molar-refractivity contribution in [2.45, 2.75) is 40.0 Å². The molecule has 15 heavy (non-hydrogen) atoms. The lowest BCUT2D eigenvalue weighted by atomic mass is 10.3. The summed E-state index contributed by atoms with van der Waals surface area (Å²) < 4.78 is 0. The van der Waals surface area contributed by atoms with E-state index in [0.717, 1.165) is 5.82 Å². The van der Waals surface area contributed by atoms with E-state index in [4.69, 9.17) is 0 Å². The van der Waals surface area contributed by atoms with E-state index in [9.17, 15) is 0 Å². The van der Waals surface area contributed by atoms with E-state index in [-0.39, 0.29) is 0 Å². The van der Waals surface area contributed by atoms with Crippen LogP contribution >= 0.6 is 0 Å². The van der Waals surface area contributed by atoms with Crippen LogP contribution in [0.25, 0.3) is 0 Å². The lowest BCUT2D eigenvalue weighted by Gasteiger charge is -2.15. The van der Waals surface area contributed by atoms with E-state index >= 15 is 0 Å². The van der Waals surface area contributed by atoms with Gasteiger partial charge in [0.2, 0.25) is 0 Å². The molecule has 0 spiro atoms. The summed E-state index contributed by atoms with van der Waals surface area (Å²) in [5.41, 5.74) is 1.23. The Morgan fingerprint density at radius 1 is 1.20 bits per heavy atom. The second kappa shape index (κ2) is 6.44. The van der Waals surface area contributed by atoms with E-state index in [2.05, 4.69) is 42.8 Å². The smallest absolute Gasteiger partial charge is 0.128 e. The zero-order valence-electron chi connectivity index (χ0n) is 10.2. The molecule has 0 unspecified atom stereocenters. The van der Waals surface area contributed by atoms with Crippen molar-refractivity contribution in [1.29, 1.82) is 0 Å². The largest absolute Gasteiger partial charge is 0.357 e. The first kappa shape index (κ1) is 12.0.